The molecule has 4 heteroatoms. The number of aryl methyl sites for hydroxylation is 4. The van der Waals surface area contributed by atoms with Crippen LogP contribution in [0.1, 0.15) is 70.9 Å². The second kappa shape index (κ2) is 11.2. The fraction of sp³-hybridized carbons (Fsp3) is 0.400. The van der Waals surface area contributed by atoms with Gasteiger partial charge in [0, 0.05) is 0 Å². The maximum Gasteiger partial charge on any atom is -0.0340 e. The molecule has 4 aromatic rings. The fourth-order valence-electron chi connectivity index (χ4n) is 4.53. The molecule has 0 heterocycles. The van der Waals surface area contributed by atoms with Gasteiger partial charge in [0.05, 0.1) is 0 Å². The number of hydrogen-bond donors (Lipinski definition) is 0. The van der Waals surface area contributed by atoms with Crippen molar-refractivity contribution < 1.29 is 18.0 Å². The summed E-state index contributed by atoms with van der Waals surface area (Å²) < 4.78 is 0. The van der Waals surface area contributed by atoms with Crippen LogP contribution in [-0.4, -0.2) is 5.43 Å². The van der Waals surface area contributed by atoms with Gasteiger partial charge >= 0.3 is 53.5 Å². The van der Waals surface area contributed by atoms with Gasteiger partial charge in [-0.05, 0) is 51.4 Å². The number of benzene rings is 2. The second-order valence-electron chi connectivity index (χ2n) is 10.4. The topological polar surface area (TPSA) is 0 Å². The third-order valence-electron chi connectivity index (χ3n) is 7.17. The first-order valence-electron chi connectivity index (χ1n) is 12.5. The van der Waals surface area contributed by atoms with Crippen LogP contribution in [0.4, 0.5) is 0 Å². The Kier molecular flexibility index (Phi) is 8.67. The number of fused-ring (bicyclic) bond motifs is 2. The van der Waals surface area contributed by atoms with Gasteiger partial charge in [-0.3, -0.25) is 0 Å². The van der Waals surface area contributed by atoms with Crippen molar-refractivity contribution in [2.24, 2.45) is 0 Å². The van der Waals surface area contributed by atoms with E-state index >= 15 is 0 Å². The third-order valence-corrected chi connectivity index (χ3v) is 26.9. The molecule has 0 spiro atoms. The van der Waals surface area contributed by atoms with Crippen molar-refractivity contribution in [2.45, 2.75) is 78.3 Å². The Bertz CT molecular complexity index is 1160. The maximum atomic E-state index is 5.62. The Balaban J connectivity index is 0.000000132. The molecular formula is C30H36Cl2SiZr-2. The van der Waals surface area contributed by atoms with E-state index in [1.54, 1.807) is 11.1 Å². The number of rotatable bonds is 2. The van der Waals surface area contributed by atoms with E-state index in [1.165, 1.54) is 69.5 Å². The van der Waals surface area contributed by atoms with Crippen molar-refractivity contribution in [3.05, 3.63) is 81.9 Å². The number of hydrogen-bond acceptors (Lipinski definition) is 0. The summed E-state index contributed by atoms with van der Waals surface area (Å²) in [6.07, 6.45) is 5.59. The molecule has 0 saturated heterocycles. The average Bonchev–Trinajstić information content (AvgIpc) is 3.74. The Hall–Kier alpha value is -0.660. The zero-order chi connectivity index (χ0) is 24.6. The molecule has 0 unspecified atom stereocenters. The molecule has 2 saturated carbocycles. The number of halogens is 2. The van der Waals surface area contributed by atoms with Crippen molar-refractivity contribution in [2.75, 3.05) is 0 Å². The van der Waals surface area contributed by atoms with Crippen LogP contribution < -0.4 is 0 Å². The minimum atomic E-state index is -1.65. The van der Waals surface area contributed by atoms with Gasteiger partial charge in [-0.1, -0.05) is 37.1 Å². The normalized spacial score (nSPS) is 14.9. The zero-order valence-electron chi connectivity index (χ0n) is 21.4. The SMILES string of the molecule is C[Si](C)=[Zr]([Cl])[Cl].Cc1ccc(C)c2[cH-]c(C3CC3)cc12.Cc1ccc(C)c2[cH-]c(C3CC3)cc12. The summed E-state index contributed by atoms with van der Waals surface area (Å²) in [6.45, 7) is 13.2. The van der Waals surface area contributed by atoms with Gasteiger partial charge in [0.15, 0.2) is 0 Å². The van der Waals surface area contributed by atoms with E-state index in [0.717, 1.165) is 11.8 Å². The molecule has 0 atom stereocenters. The van der Waals surface area contributed by atoms with Crippen LogP contribution in [-0.2, 0) is 18.0 Å². The molecule has 0 bridgehead atoms. The molecule has 2 fully saturated rings. The van der Waals surface area contributed by atoms with Gasteiger partial charge in [0.2, 0.25) is 0 Å². The fourth-order valence-corrected chi connectivity index (χ4v) is 4.53. The predicted molar refractivity (Wildman–Crippen MR) is 151 cm³/mol. The van der Waals surface area contributed by atoms with E-state index in [1.807, 2.05) is 0 Å². The Morgan fingerprint density at radius 1 is 0.676 bits per heavy atom. The zero-order valence-corrected chi connectivity index (χ0v) is 26.3. The van der Waals surface area contributed by atoms with Crippen molar-refractivity contribution in [3.8, 4) is 0 Å². The smallest absolute Gasteiger partial charge is 0.0340 e. The van der Waals surface area contributed by atoms with Crippen LogP contribution in [0.25, 0.3) is 21.5 Å². The van der Waals surface area contributed by atoms with Crippen molar-refractivity contribution in [1.82, 2.24) is 0 Å². The molecule has 2 aliphatic rings. The van der Waals surface area contributed by atoms with E-state index in [-0.39, 0.29) is 5.43 Å². The molecule has 0 aliphatic heterocycles. The van der Waals surface area contributed by atoms with Gasteiger partial charge in [-0.15, -0.1) is 68.1 Å². The molecule has 0 amide bonds. The monoisotopic (exact) mass is 584 g/mol. The largest absolute Gasteiger partial charge is 0.164 e. The molecule has 0 nitrogen and oxygen atoms in total. The quantitative estimate of drug-likeness (QED) is 0.162. The third kappa shape index (κ3) is 6.36. The maximum absolute atomic E-state index is 5.62. The van der Waals surface area contributed by atoms with E-state index in [2.05, 4.69) is 89.3 Å². The van der Waals surface area contributed by atoms with Crippen LogP contribution in [0, 0.1) is 27.7 Å². The Labute approximate surface area is 220 Å². The molecular weight excluding hydrogens is 551 g/mol. The average molecular weight is 587 g/mol. The predicted octanol–water partition coefficient (Wildman–Crippen LogP) is 10.3. The Morgan fingerprint density at radius 3 is 1.26 bits per heavy atom. The summed E-state index contributed by atoms with van der Waals surface area (Å²) in [5.74, 6) is 1.75. The summed E-state index contributed by atoms with van der Waals surface area (Å²) in [7, 11) is 11.2. The van der Waals surface area contributed by atoms with Crippen LogP contribution in [0.2, 0.25) is 13.1 Å². The van der Waals surface area contributed by atoms with Gasteiger partial charge in [0.1, 0.15) is 0 Å². The standard InChI is InChI=1S/2C14H15.C2H6Si.2ClH.Zr/c2*1-9-3-4-10(2)14-8-12(7-13(9)14)11-5-6-11;1-3-2;;;/h2*3-4,7-8,11H,5-6H2,1-2H3;1-2H3;2*1H;/q2*-1;;;;+2/p-2. The van der Waals surface area contributed by atoms with E-state index < -0.39 is 18.0 Å². The molecule has 4 aromatic carbocycles. The molecule has 34 heavy (non-hydrogen) atoms. The van der Waals surface area contributed by atoms with Crippen LogP contribution in [0.5, 0.6) is 0 Å². The van der Waals surface area contributed by atoms with Crippen LogP contribution in [0.3, 0.4) is 0 Å². The second-order valence-corrected chi connectivity index (χ2v) is 33.4. The van der Waals surface area contributed by atoms with Gasteiger partial charge in [-0.2, -0.15) is 12.1 Å². The molecule has 0 radical (unpaired) electrons. The molecule has 6 rings (SSSR count). The minimum Gasteiger partial charge on any atom is -0.164 e. The summed E-state index contributed by atoms with van der Waals surface area (Å²) in [5, 5.41) is 5.86. The van der Waals surface area contributed by atoms with E-state index in [4.69, 9.17) is 17.0 Å². The summed E-state index contributed by atoms with van der Waals surface area (Å²) in [4.78, 5) is 0. The van der Waals surface area contributed by atoms with Gasteiger partial charge in [0.25, 0.3) is 0 Å². The first-order chi connectivity index (χ1) is 16.2. The minimum absolute atomic E-state index is 0.224. The first-order valence-corrected chi connectivity index (χ1v) is 25.0. The Morgan fingerprint density at radius 2 is 1.00 bits per heavy atom. The summed E-state index contributed by atoms with van der Waals surface area (Å²) >= 11 is -1.65. The molecule has 180 valence electrons. The summed E-state index contributed by atoms with van der Waals surface area (Å²) in [5.41, 5.74) is 8.57. The molecule has 2 aliphatic carbocycles. The molecule has 0 aromatic heterocycles. The van der Waals surface area contributed by atoms with Gasteiger partial charge < -0.3 is 0 Å². The van der Waals surface area contributed by atoms with Crippen LogP contribution >= 0.6 is 17.0 Å². The summed E-state index contributed by atoms with van der Waals surface area (Å²) in [6, 6.07) is 18.5. The van der Waals surface area contributed by atoms with E-state index in [0.29, 0.717) is 0 Å². The van der Waals surface area contributed by atoms with Gasteiger partial charge in [-0.25, -0.2) is 0 Å². The van der Waals surface area contributed by atoms with Crippen molar-refractivity contribution in [3.63, 3.8) is 0 Å². The first kappa shape index (κ1) is 26.4. The van der Waals surface area contributed by atoms with Crippen molar-refractivity contribution >= 4 is 44.0 Å². The van der Waals surface area contributed by atoms with Crippen LogP contribution in [0.15, 0.2) is 48.5 Å². The van der Waals surface area contributed by atoms with E-state index in [9.17, 15) is 0 Å². The molecule has 0 N–H and O–H groups in total. The van der Waals surface area contributed by atoms with Crippen molar-refractivity contribution in [1.29, 1.82) is 0 Å².